The van der Waals surface area contributed by atoms with Crippen molar-refractivity contribution in [2.24, 2.45) is 5.92 Å². The van der Waals surface area contributed by atoms with Crippen molar-refractivity contribution in [2.45, 2.75) is 26.2 Å². The van der Waals surface area contributed by atoms with Crippen molar-refractivity contribution in [3.63, 3.8) is 0 Å². The highest BCUT2D eigenvalue weighted by atomic mass is 16.5. The number of carbonyl (C=O) groups is 3. The number of likely N-dealkylation sites (tertiary alicyclic amines) is 1. The molecule has 0 aromatic carbocycles. The van der Waals surface area contributed by atoms with E-state index in [-0.39, 0.29) is 30.1 Å². The largest absolute Gasteiger partial charge is 0.469 e. The Morgan fingerprint density at radius 2 is 2.05 bits per heavy atom. The standard InChI is InChI=1S/C13H22N2O4/c1-10(16)15-7-4-5-11(9-15)13(18)14(2)8-6-12(17)19-3/h11H,4-9H2,1-3H3. The molecule has 0 saturated carbocycles. The van der Waals surface area contributed by atoms with Crippen LogP contribution in [0.2, 0.25) is 0 Å². The fourth-order valence-corrected chi connectivity index (χ4v) is 2.25. The van der Waals surface area contributed by atoms with Gasteiger partial charge in [-0.1, -0.05) is 0 Å². The molecule has 0 N–H and O–H groups in total. The molecule has 0 radical (unpaired) electrons. The highest BCUT2D eigenvalue weighted by Crippen LogP contribution is 2.18. The van der Waals surface area contributed by atoms with Gasteiger partial charge in [0, 0.05) is 33.6 Å². The van der Waals surface area contributed by atoms with Crippen LogP contribution in [-0.4, -0.2) is 61.4 Å². The van der Waals surface area contributed by atoms with Crippen molar-refractivity contribution in [1.82, 2.24) is 9.80 Å². The van der Waals surface area contributed by atoms with Crippen LogP contribution in [0, 0.1) is 5.92 Å². The van der Waals surface area contributed by atoms with Crippen molar-refractivity contribution in [3.05, 3.63) is 0 Å². The predicted octanol–water partition coefficient (Wildman–Crippen LogP) is 0.266. The average Bonchev–Trinajstić information content (AvgIpc) is 2.43. The van der Waals surface area contributed by atoms with Gasteiger partial charge in [-0.3, -0.25) is 14.4 Å². The van der Waals surface area contributed by atoms with Crippen LogP contribution in [0.1, 0.15) is 26.2 Å². The van der Waals surface area contributed by atoms with E-state index < -0.39 is 0 Å². The zero-order chi connectivity index (χ0) is 14.4. The summed E-state index contributed by atoms with van der Waals surface area (Å²) in [6.45, 7) is 3.08. The van der Waals surface area contributed by atoms with Gasteiger partial charge < -0.3 is 14.5 Å². The molecule has 6 heteroatoms. The van der Waals surface area contributed by atoms with Gasteiger partial charge in [-0.05, 0) is 12.8 Å². The van der Waals surface area contributed by atoms with Crippen molar-refractivity contribution >= 4 is 17.8 Å². The zero-order valence-electron chi connectivity index (χ0n) is 11.8. The Morgan fingerprint density at radius 1 is 1.37 bits per heavy atom. The molecule has 2 amide bonds. The molecule has 1 aliphatic heterocycles. The lowest BCUT2D eigenvalue weighted by Gasteiger charge is -2.33. The highest BCUT2D eigenvalue weighted by molar-refractivity contribution is 5.81. The smallest absolute Gasteiger partial charge is 0.307 e. The molecule has 1 heterocycles. The van der Waals surface area contributed by atoms with Crippen molar-refractivity contribution in [2.75, 3.05) is 33.8 Å². The molecule has 6 nitrogen and oxygen atoms in total. The molecule has 1 rings (SSSR count). The topological polar surface area (TPSA) is 66.9 Å². The number of nitrogens with zero attached hydrogens (tertiary/aromatic N) is 2. The number of esters is 1. The minimum Gasteiger partial charge on any atom is -0.469 e. The van der Waals surface area contributed by atoms with Crippen molar-refractivity contribution < 1.29 is 19.1 Å². The normalized spacial score (nSPS) is 18.9. The predicted molar refractivity (Wildman–Crippen MR) is 69.2 cm³/mol. The van der Waals surface area contributed by atoms with E-state index in [1.807, 2.05) is 0 Å². The summed E-state index contributed by atoms with van der Waals surface area (Å²) in [6, 6.07) is 0. The second-order valence-corrected chi connectivity index (χ2v) is 4.89. The molecular weight excluding hydrogens is 248 g/mol. The Labute approximate surface area is 113 Å². The maximum absolute atomic E-state index is 12.2. The number of amides is 2. The number of hydrogen-bond donors (Lipinski definition) is 0. The molecule has 1 aliphatic rings. The molecule has 1 fully saturated rings. The van der Waals surface area contributed by atoms with E-state index in [0.717, 1.165) is 19.4 Å². The molecule has 1 atom stereocenters. The van der Waals surface area contributed by atoms with Crippen molar-refractivity contribution in [3.8, 4) is 0 Å². The van der Waals surface area contributed by atoms with Gasteiger partial charge in [0.2, 0.25) is 11.8 Å². The monoisotopic (exact) mass is 270 g/mol. The summed E-state index contributed by atoms with van der Waals surface area (Å²) in [5.41, 5.74) is 0. The first-order valence-electron chi connectivity index (χ1n) is 6.53. The zero-order valence-corrected chi connectivity index (χ0v) is 11.8. The minimum atomic E-state index is -0.325. The number of hydrogen-bond acceptors (Lipinski definition) is 4. The third-order valence-corrected chi connectivity index (χ3v) is 3.47. The van der Waals surface area contributed by atoms with Gasteiger partial charge in [0.15, 0.2) is 0 Å². The van der Waals surface area contributed by atoms with Crippen LogP contribution >= 0.6 is 0 Å². The lowest BCUT2D eigenvalue weighted by atomic mass is 9.96. The van der Waals surface area contributed by atoms with E-state index in [2.05, 4.69) is 4.74 Å². The summed E-state index contributed by atoms with van der Waals surface area (Å²) in [5, 5.41) is 0. The Morgan fingerprint density at radius 3 is 2.63 bits per heavy atom. The molecule has 0 aliphatic carbocycles. The molecular formula is C13H22N2O4. The molecule has 0 spiro atoms. The van der Waals surface area contributed by atoms with Crippen LogP contribution in [0.5, 0.6) is 0 Å². The Kier molecular flexibility index (Phi) is 5.79. The Bertz CT molecular complexity index is 357. The van der Waals surface area contributed by atoms with Crippen LogP contribution in [0.25, 0.3) is 0 Å². The van der Waals surface area contributed by atoms with E-state index >= 15 is 0 Å². The van der Waals surface area contributed by atoms with Crippen LogP contribution < -0.4 is 0 Å². The third-order valence-electron chi connectivity index (χ3n) is 3.47. The lowest BCUT2D eigenvalue weighted by Crippen LogP contribution is -2.45. The second kappa shape index (κ2) is 7.11. The summed E-state index contributed by atoms with van der Waals surface area (Å²) in [5.74, 6) is -0.474. The van der Waals surface area contributed by atoms with Crippen LogP contribution in [-0.2, 0) is 19.1 Å². The number of piperidine rings is 1. The second-order valence-electron chi connectivity index (χ2n) is 4.89. The van der Waals surface area contributed by atoms with E-state index in [1.54, 1.807) is 16.8 Å². The average molecular weight is 270 g/mol. The van der Waals surface area contributed by atoms with Crippen LogP contribution in [0.3, 0.4) is 0 Å². The first-order valence-corrected chi connectivity index (χ1v) is 6.53. The number of carbonyl (C=O) groups excluding carboxylic acids is 3. The molecule has 1 unspecified atom stereocenters. The summed E-state index contributed by atoms with van der Waals surface area (Å²) in [6.07, 6.45) is 1.84. The van der Waals surface area contributed by atoms with E-state index in [0.29, 0.717) is 13.1 Å². The maximum atomic E-state index is 12.2. The molecule has 0 aromatic rings. The molecule has 1 saturated heterocycles. The molecule has 0 bridgehead atoms. The Balaban J connectivity index is 2.47. The van der Waals surface area contributed by atoms with Gasteiger partial charge in [0.25, 0.3) is 0 Å². The van der Waals surface area contributed by atoms with Gasteiger partial charge in [-0.2, -0.15) is 0 Å². The van der Waals surface area contributed by atoms with Crippen LogP contribution in [0.15, 0.2) is 0 Å². The highest BCUT2D eigenvalue weighted by Gasteiger charge is 2.28. The molecule has 108 valence electrons. The van der Waals surface area contributed by atoms with Gasteiger partial charge in [0.05, 0.1) is 19.4 Å². The van der Waals surface area contributed by atoms with Gasteiger partial charge in [-0.15, -0.1) is 0 Å². The summed E-state index contributed by atoms with van der Waals surface area (Å²) in [4.78, 5) is 37.8. The summed E-state index contributed by atoms with van der Waals surface area (Å²) >= 11 is 0. The fraction of sp³-hybridized carbons (Fsp3) is 0.769. The summed E-state index contributed by atoms with van der Waals surface area (Å²) < 4.78 is 4.54. The fourth-order valence-electron chi connectivity index (χ4n) is 2.25. The Hall–Kier alpha value is -1.59. The quantitative estimate of drug-likeness (QED) is 0.688. The number of methoxy groups -OCH3 is 1. The lowest BCUT2D eigenvalue weighted by molar-refractivity contribution is -0.142. The first-order chi connectivity index (χ1) is 8.95. The summed E-state index contributed by atoms with van der Waals surface area (Å²) in [7, 11) is 3.01. The molecule has 19 heavy (non-hydrogen) atoms. The van der Waals surface area contributed by atoms with Crippen LogP contribution in [0.4, 0.5) is 0 Å². The van der Waals surface area contributed by atoms with Gasteiger partial charge in [-0.25, -0.2) is 0 Å². The first kappa shape index (κ1) is 15.5. The van der Waals surface area contributed by atoms with E-state index in [1.165, 1.54) is 14.0 Å². The SMILES string of the molecule is COC(=O)CCN(C)C(=O)C1CCCN(C(C)=O)C1. The van der Waals surface area contributed by atoms with Gasteiger partial charge in [0.1, 0.15) is 0 Å². The van der Waals surface area contributed by atoms with Crippen molar-refractivity contribution in [1.29, 1.82) is 0 Å². The van der Waals surface area contributed by atoms with E-state index in [9.17, 15) is 14.4 Å². The third kappa shape index (κ3) is 4.54. The molecule has 0 aromatic heterocycles. The van der Waals surface area contributed by atoms with Gasteiger partial charge >= 0.3 is 5.97 Å². The maximum Gasteiger partial charge on any atom is 0.307 e. The number of ether oxygens (including phenoxy) is 1. The number of rotatable bonds is 4. The van der Waals surface area contributed by atoms with E-state index in [4.69, 9.17) is 0 Å². The minimum absolute atomic E-state index is 0.00477.